The van der Waals surface area contributed by atoms with E-state index in [4.69, 9.17) is 16.3 Å². The van der Waals surface area contributed by atoms with E-state index < -0.39 is 5.54 Å². The fourth-order valence-electron chi connectivity index (χ4n) is 4.77. The maximum Gasteiger partial charge on any atom is 0.245 e. The largest absolute Gasteiger partial charge is 0.374 e. The number of Topliss-reactive ketones (excluding diaryl/α,β-unsaturated/α-hetero) is 1. The summed E-state index contributed by atoms with van der Waals surface area (Å²) in [6.07, 6.45) is 13.5. The molecule has 32 heavy (non-hydrogen) atoms. The van der Waals surface area contributed by atoms with Gasteiger partial charge in [0.2, 0.25) is 11.8 Å². The van der Waals surface area contributed by atoms with Crippen LogP contribution >= 0.6 is 11.6 Å². The standard InChI is InChI=1S/C25H41ClN2O4/c1-4-5-8-13-23(30)28-25(2,3)24(31)27-17-20-19(21-14-15-22(20)32-21)12-10-7-6-9-11-18(29)16-26/h7,10,19-22H,4-6,8-9,11-17H2,1-3H3,(H,27,31)(H,28,30)/t19-,20+,21-,22+/m0/s1. The second-order valence-corrected chi connectivity index (χ2v) is 10.00. The first-order valence-electron chi connectivity index (χ1n) is 12.3. The molecule has 2 rings (SSSR count). The van der Waals surface area contributed by atoms with Crippen molar-refractivity contribution in [2.24, 2.45) is 11.8 Å². The van der Waals surface area contributed by atoms with Gasteiger partial charge < -0.3 is 15.4 Å². The van der Waals surface area contributed by atoms with Crippen LogP contribution in [0, 0.1) is 11.8 Å². The van der Waals surface area contributed by atoms with Gasteiger partial charge in [-0.2, -0.15) is 0 Å². The van der Waals surface area contributed by atoms with E-state index in [1.165, 1.54) is 0 Å². The smallest absolute Gasteiger partial charge is 0.245 e. The van der Waals surface area contributed by atoms with Crippen LogP contribution in [0.1, 0.15) is 85.0 Å². The Kier molecular flexibility index (Phi) is 11.2. The number of carbonyl (C=O) groups excluding carboxylic acids is 3. The number of halogens is 1. The lowest BCUT2D eigenvalue weighted by Gasteiger charge is -2.30. The Morgan fingerprint density at radius 3 is 2.44 bits per heavy atom. The second-order valence-electron chi connectivity index (χ2n) is 9.73. The zero-order valence-corrected chi connectivity index (χ0v) is 20.7. The van der Waals surface area contributed by atoms with Gasteiger partial charge in [-0.05, 0) is 58.3 Å². The lowest BCUT2D eigenvalue weighted by atomic mass is 9.77. The summed E-state index contributed by atoms with van der Waals surface area (Å²) in [5.41, 5.74) is -0.933. The number of hydrogen-bond acceptors (Lipinski definition) is 4. The van der Waals surface area contributed by atoms with Crippen LogP contribution < -0.4 is 10.6 Å². The Labute approximate surface area is 198 Å². The molecule has 2 aliphatic rings. The quantitative estimate of drug-likeness (QED) is 0.213. The fraction of sp³-hybridized carbons (Fsp3) is 0.800. The van der Waals surface area contributed by atoms with Gasteiger partial charge in [-0.3, -0.25) is 14.4 Å². The lowest BCUT2D eigenvalue weighted by molar-refractivity contribution is -0.132. The summed E-state index contributed by atoms with van der Waals surface area (Å²) < 4.78 is 6.14. The molecular weight excluding hydrogens is 428 g/mol. The third-order valence-electron chi connectivity index (χ3n) is 6.67. The lowest BCUT2D eigenvalue weighted by Crippen LogP contribution is -2.55. The van der Waals surface area contributed by atoms with Crippen molar-refractivity contribution >= 4 is 29.2 Å². The van der Waals surface area contributed by atoms with Crippen molar-refractivity contribution in [3.63, 3.8) is 0 Å². The van der Waals surface area contributed by atoms with Gasteiger partial charge in [0.15, 0.2) is 0 Å². The van der Waals surface area contributed by atoms with Crippen molar-refractivity contribution in [3.05, 3.63) is 12.2 Å². The number of allylic oxidation sites excluding steroid dienone is 2. The third kappa shape index (κ3) is 8.18. The molecule has 182 valence electrons. The molecule has 7 heteroatoms. The zero-order valence-electron chi connectivity index (χ0n) is 20.0. The number of carbonyl (C=O) groups is 3. The summed E-state index contributed by atoms with van der Waals surface area (Å²) in [5, 5.41) is 5.95. The fourth-order valence-corrected chi connectivity index (χ4v) is 4.90. The Morgan fingerprint density at radius 1 is 1.03 bits per heavy atom. The summed E-state index contributed by atoms with van der Waals surface area (Å²) in [4.78, 5) is 36.2. The number of unbranched alkanes of at least 4 members (excludes halogenated alkanes) is 3. The normalized spacial score (nSPS) is 24.8. The Morgan fingerprint density at radius 2 is 1.75 bits per heavy atom. The maximum absolute atomic E-state index is 12.8. The van der Waals surface area contributed by atoms with Crippen molar-refractivity contribution in [2.45, 2.75) is 103 Å². The van der Waals surface area contributed by atoms with Crippen LogP contribution in [-0.4, -0.2) is 47.8 Å². The van der Waals surface area contributed by atoms with E-state index in [9.17, 15) is 14.4 Å². The summed E-state index contributed by atoms with van der Waals surface area (Å²) in [5.74, 6) is 0.647. The van der Waals surface area contributed by atoms with Crippen LogP contribution in [0.2, 0.25) is 0 Å². The highest BCUT2D eigenvalue weighted by Gasteiger charge is 2.48. The SMILES string of the molecule is CCCCCC(=O)NC(C)(C)C(=O)NC[C@@H]1[C@H](CC=CCCCC(=O)CCl)[C@@H]2CC[C@H]1O2. The predicted molar refractivity (Wildman–Crippen MR) is 128 cm³/mol. The molecule has 0 aromatic rings. The topological polar surface area (TPSA) is 84.5 Å². The predicted octanol–water partition coefficient (Wildman–Crippen LogP) is 4.30. The molecule has 2 bridgehead atoms. The maximum atomic E-state index is 12.8. The van der Waals surface area contributed by atoms with Gasteiger partial charge in [0.25, 0.3) is 0 Å². The number of nitrogens with one attached hydrogen (secondary N) is 2. The molecule has 2 N–H and O–H groups in total. The number of hydrogen-bond donors (Lipinski definition) is 2. The van der Waals surface area contributed by atoms with E-state index in [2.05, 4.69) is 29.7 Å². The van der Waals surface area contributed by atoms with Gasteiger partial charge >= 0.3 is 0 Å². The molecule has 0 unspecified atom stereocenters. The molecule has 0 aliphatic carbocycles. The number of ketones is 1. The molecule has 2 heterocycles. The first kappa shape index (κ1) is 26.8. The zero-order chi connectivity index (χ0) is 23.6. The molecule has 0 spiro atoms. The van der Waals surface area contributed by atoms with Crippen molar-refractivity contribution in [2.75, 3.05) is 12.4 Å². The van der Waals surface area contributed by atoms with Crippen LogP contribution in [0.15, 0.2) is 12.2 Å². The van der Waals surface area contributed by atoms with Gasteiger partial charge in [-0.1, -0.05) is 31.9 Å². The molecule has 0 aromatic heterocycles. The Bertz CT molecular complexity index is 664. The molecule has 2 aliphatic heterocycles. The summed E-state index contributed by atoms with van der Waals surface area (Å²) in [7, 11) is 0. The van der Waals surface area contributed by atoms with Crippen LogP contribution in [0.4, 0.5) is 0 Å². The molecule has 2 fully saturated rings. The number of fused-ring (bicyclic) bond motifs is 2. The van der Waals surface area contributed by atoms with Gasteiger partial charge in [-0.15, -0.1) is 11.6 Å². The van der Waals surface area contributed by atoms with E-state index in [0.29, 0.717) is 25.3 Å². The van der Waals surface area contributed by atoms with Crippen molar-refractivity contribution in [1.29, 1.82) is 0 Å². The molecule has 0 saturated carbocycles. The minimum atomic E-state index is -0.933. The average Bonchev–Trinajstić information content (AvgIpc) is 3.35. The molecule has 6 nitrogen and oxygen atoms in total. The third-order valence-corrected chi connectivity index (χ3v) is 6.96. The average molecular weight is 469 g/mol. The van der Waals surface area contributed by atoms with E-state index in [1.807, 2.05) is 0 Å². The highest BCUT2D eigenvalue weighted by atomic mass is 35.5. The first-order chi connectivity index (χ1) is 15.3. The van der Waals surface area contributed by atoms with Gasteiger partial charge in [0, 0.05) is 25.3 Å². The molecule has 4 atom stereocenters. The van der Waals surface area contributed by atoms with Gasteiger partial charge in [-0.25, -0.2) is 0 Å². The first-order valence-corrected chi connectivity index (χ1v) is 12.8. The van der Waals surface area contributed by atoms with E-state index in [1.54, 1.807) is 13.8 Å². The van der Waals surface area contributed by atoms with Crippen molar-refractivity contribution < 1.29 is 19.1 Å². The molecule has 0 aromatic carbocycles. The second kappa shape index (κ2) is 13.3. The van der Waals surface area contributed by atoms with Crippen LogP contribution in [-0.2, 0) is 19.1 Å². The molecule has 2 amide bonds. The van der Waals surface area contributed by atoms with Crippen LogP contribution in [0.3, 0.4) is 0 Å². The summed E-state index contributed by atoms with van der Waals surface area (Å²) in [6, 6.07) is 0. The van der Waals surface area contributed by atoms with Gasteiger partial charge in [0.05, 0.1) is 18.1 Å². The summed E-state index contributed by atoms with van der Waals surface area (Å²) in [6.45, 7) is 6.18. The van der Waals surface area contributed by atoms with Gasteiger partial charge in [0.1, 0.15) is 11.3 Å². The van der Waals surface area contributed by atoms with Crippen molar-refractivity contribution in [3.8, 4) is 0 Å². The number of rotatable bonds is 15. The Balaban J connectivity index is 1.79. The number of ether oxygens (including phenoxy) is 1. The Hall–Kier alpha value is -1.40. The number of amides is 2. The number of alkyl halides is 1. The minimum absolute atomic E-state index is 0.0717. The van der Waals surface area contributed by atoms with E-state index in [-0.39, 0.29) is 41.6 Å². The van der Waals surface area contributed by atoms with E-state index >= 15 is 0 Å². The molecular formula is C25H41ClN2O4. The van der Waals surface area contributed by atoms with Crippen LogP contribution in [0.5, 0.6) is 0 Å². The highest BCUT2D eigenvalue weighted by Crippen LogP contribution is 2.44. The highest BCUT2D eigenvalue weighted by molar-refractivity contribution is 6.27. The monoisotopic (exact) mass is 468 g/mol. The molecule has 2 saturated heterocycles. The van der Waals surface area contributed by atoms with Crippen molar-refractivity contribution in [1.82, 2.24) is 10.6 Å². The minimum Gasteiger partial charge on any atom is -0.374 e. The molecule has 0 radical (unpaired) electrons. The van der Waals surface area contributed by atoms with Crippen LogP contribution in [0.25, 0.3) is 0 Å². The van der Waals surface area contributed by atoms with E-state index in [0.717, 1.165) is 51.4 Å². The summed E-state index contributed by atoms with van der Waals surface area (Å²) >= 11 is 5.53.